The molecule has 37 heavy (non-hydrogen) atoms. The average molecular weight is 496 g/mol. The molecule has 0 aliphatic heterocycles. The first kappa shape index (κ1) is 22.8. The molecule has 10 heteroatoms. The molecular weight excluding hydrogens is 470 g/mol. The normalized spacial score (nSPS) is 14.2. The zero-order valence-electron chi connectivity index (χ0n) is 20.0. The van der Waals surface area contributed by atoms with E-state index in [0.29, 0.717) is 18.3 Å². The highest BCUT2D eigenvalue weighted by atomic mass is 16.5. The molecule has 0 bridgehead atoms. The number of hydrogen-bond donors (Lipinski definition) is 2. The number of aromatic nitrogens is 7. The number of rotatable bonds is 7. The van der Waals surface area contributed by atoms with Gasteiger partial charge in [-0.1, -0.05) is 43.5 Å². The Bertz CT molecular complexity index is 1520. The first-order valence-corrected chi connectivity index (χ1v) is 12.3. The van der Waals surface area contributed by atoms with Crippen LogP contribution in [0.15, 0.2) is 60.9 Å². The Labute approximate surface area is 212 Å². The van der Waals surface area contributed by atoms with Crippen LogP contribution in [-0.2, 0) is 6.61 Å². The topological polar surface area (TPSA) is 131 Å². The molecule has 1 saturated carbocycles. The lowest BCUT2D eigenvalue weighted by Crippen LogP contribution is -2.12. The van der Waals surface area contributed by atoms with Crippen LogP contribution >= 0.6 is 0 Å². The zero-order valence-corrected chi connectivity index (χ0v) is 20.0. The van der Waals surface area contributed by atoms with Gasteiger partial charge < -0.3 is 9.84 Å². The third-order valence-corrected chi connectivity index (χ3v) is 6.91. The Morgan fingerprint density at radius 2 is 1.78 bits per heavy atom. The maximum atomic E-state index is 11.0. The quantitative estimate of drug-likeness (QED) is 0.326. The van der Waals surface area contributed by atoms with Crippen molar-refractivity contribution in [2.45, 2.75) is 44.6 Å². The second-order valence-corrected chi connectivity index (χ2v) is 9.24. The summed E-state index contributed by atoms with van der Waals surface area (Å²) in [5.74, 6) is 0.656. The summed E-state index contributed by atoms with van der Waals surface area (Å²) in [7, 11) is 0. The first-order valence-electron chi connectivity index (χ1n) is 12.3. The maximum Gasteiger partial charge on any atom is 0.335 e. The van der Waals surface area contributed by atoms with E-state index in [1.54, 1.807) is 30.5 Å². The molecule has 3 heterocycles. The van der Waals surface area contributed by atoms with Gasteiger partial charge in [-0.2, -0.15) is 10.3 Å². The standard InChI is InChI=1S/C27H25N7O3/c35-27(36)20-8-6-17(7-9-20)16-37-21-12-10-18(11-13-21)22-14-28-26-23(25-30-32-33-31-25)15-29-34(26)24(22)19-4-2-1-3-5-19/h6-15,19H,1-5,16H2,(H,35,36)(H,30,31,32,33). The van der Waals surface area contributed by atoms with Crippen LogP contribution in [0.25, 0.3) is 28.2 Å². The molecule has 0 spiro atoms. The van der Waals surface area contributed by atoms with Crippen molar-refractivity contribution in [2.75, 3.05) is 0 Å². The van der Waals surface area contributed by atoms with Crippen molar-refractivity contribution < 1.29 is 14.6 Å². The molecule has 1 fully saturated rings. The molecule has 2 N–H and O–H groups in total. The summed E-state index contributed by atoms with van der Waals surface area (Å²) in [5.41, 5.74) is 5.89. The van der Waals surface area contributed by atoms with E-state index < -0.39 is 5.97 Å². The van der Waals surface area contributed by atoms with Crippen LogP contribution < -0.4 is 4.74 Å². The third-order valence-electron chi connectivity index (χ3n) is 6.91. The summed E-state index contributed by atoms with van der Waals surface area (Å²) in [6, 6.07) is 14.7. The number of nitrogens with one attached hydrogen (secondary N) is 1. The molecule has 2 aromatic carbocycles. The first-order chi connectivity index (χ1) is 18.2. The molecule has 5 aromatic rings. The van der Waals surface area contributed by atoms with E-state index >= 15 is 0 Å². The van der Waals surface area contributed by atoms with Crippen LogP contribution in [0.5, 0.6) is 5.75 Å². The fourth-order valence-electron chi connectivity index (χ4n) is 5.01. The number of fused-ring (bicyclic) bond motifs is 1. The molecule has 186 valence electrons. The molecule has 10 nitrogen and oxygen atoms in total. The zero-order chi connectivity index (χ0) is 25.2. The number of aromatic carboxylic acids is 1. The van der Waals surface area contributed by atoms with Gasteiger partial charge >= 0.3 is 5.97 Å². The minimum absolute atomic E-state index is 0.258. The Morgan fingerprint density at radius 3 is 2.49 bits per heavy atom. The number of carboxylic acids is 1. The minimum atomic E-state index is -0.940. The third kappa shape index (κ3) is 4.53. The average Bonchev–Trinajstić information content (AvgIpc) is 3.62. The summed E-state index contributed by atoms with van der Waals surface area (Å²) in [6.07, 6.45) is 9.57. The van der Waals surface area contributed by atoms with Crippen molar-refractivity contribution in [3.63, 3.8) is 0 Å². The summed E-state index contributed by atoms with van der Waals surface area (Å²) in [5, 5.41) is 28.2. The van der Waals surface area contributed by atoms with Crippen LogP contribution in [-0.4, -0.2) is 46.3 Å². The molecule has 0 amide bonds. The molecule has 0 unspecified atom stereocenters. The SMILES string of the molecule is O=C(O)c1ccc(COc2ccc(-c3cnc4c(-c5nn[nH]n5)cnn4c3C3CCCCC3)cc2)cc1. The number of hydrogen-bond acceptors (Lipinski definition) is 7. The van der Waals surface area contributed by atoms with E-state index in [4.69, 9.17) is 19.9 Å². The van der Waals surface area contributed by atoms with Gasteiger partial charge in [0.15, 0.2) is 5.65 Å². The molecule has 1 aliphatic carbocycles. The van der Waals surface area contributed by atoms with Crippen molar-refractivity contribution in [3.8, 4) is 28.3 Å². The predicted octanol–water partition coefficient (Wildman–Crippen LogP) is 4.90. The highest BCUT2D eigenvalue weighted by Crippen LogP contribution is 2.39. The number of aromatic amines is 1. The fraction of sp³-hybridized carbons (Fsp3) is 0.259. The van der Waals surface area contributed by atoms with E-state index in [9.17, 15) is 4.79 Å². The molecule has 0 saturated heterocycles. The molecule has 1 aliphatic rings. The highest BCUT2D eigenvalue weighted by molar-refractivity contribution is 5.87. The maximum absolute atomic E-state index is 11.0. The van der Waals surface area contributed by atoms with E-state index in [1.807, 2.05) is 35.0 Å². The second-order valence-electron chi connectivity index (χ2n) is 9.24. The Morgan fingerprint density at radius 1 is 1.00 bits per heavy atom. The van der Waals surface area contributed by atoms with Gasteiger partial charge in [-0.3, -0.25) is 0 Å². The lowest BCUT2D eigenvalue weighted by Gasteiger charge is -2.25. The van der Waals surface area contributed by atoms with E-state index in [0.717, 1.165) is 52.2 Å². The number of tetrazole rings is 1. The van der Waals surface area contributed by atoms with Crippen molar-refractivity contribution in [2.24, 2.45) is 0 Å². The molecule has 0 atom stereocenters. The van der Waals surface area contributed by atoms with E-state index in [2.05, 4.69) is 20.6 Å². The number of benzene rings is 2. The summed E-state index contributed by atoms with van der Waals surface area (Å²) in [4.78, 5) is 15.8. The van der Waals surface area contributed by atoms with E-state index in [-0.39, 0.29) is 5.56 Å². The number of nitrogens with zero attached hydrogens (tertiary/aromatic N) is 6. The number of H-pyrrole nitrogens is 1. The van der Waals surface area contributed by atoms with Gasteiger partial charge in [0.05, 0.1) is 23.0 Å². The van der Waals surface area contributed by atoms with Crippen LogP contribution in [0, 0.1) is 0 Å². The molecule has 0 radical (unpaired) electrons. The van der Waals surface area contributed by atoms with Crippen LogP contribution in [0.2, 0.25) is 0 Å². The molecule has 3 aromatic heterocycles. The Hall–Kier alpha value is -4.60. The number of ether oxygens (including phenoxy) is 1. The van der Waals surface area contributed by atoms with Crippen LogP contribution in [0.3, 0.4) is 0 Å². The summed E-state index contributed by atoms with van der Waals surface area (Å²) < 4.78 is 7.89. The monoisotopic (exact) mass is 495 g/mol. The van der Waals surface area contributed by atoms with Crippen molar-refractivity contribution in [1.82, 2.24) is 35.2 Å². The predicted molar refractivity (Wildman–Crippen MR) is 135 cm³/mol. The van der Waals surface area contributed by atoms with Crippen LogP contribution in [0.4, 0.5) is 0 Å². The van der Waals surface area contributed by atoms with Gasteiger partial charge in [0.1, 0.15) is 12.4 Å². The minimum Gasteiger partial charge on any atom is -0.489 e. The van der Waals surface area contributed by atoms with Gasteiger partial charge in [0.25, 0.3) is 0 Å². The second kappa shape index (κ2) is 9.81. The number of carbonyl (C=O) groups is 1. The Kier molecular flexibility index (Phi) is 6.05. The van der Waals surface area contributed by atoms with Crippen molar-refractivity contribution in [3.05, 3.63) is 77.7 Å². The summed E-state index contributed by atoms with van der Waals surface area (Å²) >= 11 is 0. The smallest absolute Gasteiger partial charge is 0.335 e. The summed E-state index contributed by atoms with van der Waals surface area (Å²) in [6.45, 7) is 0.353. The van der Waals surface area contributed by atoms with Gasteiger partial charge in [-0.05, 0) is 53.4 Å². The van der Waals surface area contributed by atoms with Crippen molar-refractivity contribution >= 4 is 11.6 Å². The fourth-order valence-corrected chi connectivity index (χ4v) is 5.01. The lowest BCUT2D eigenvalue weighted by atomic mass is 9.84. The molecule has 6 rings (SSSR count). The molecular formula is C27H25N7O3. The van der Waals surface area contributed by atoms with Gasteiger partial charge in [0, 0.05) is 17.7 Å². The van der Waals surface area contributed by atoms with Gasteiger partial charge in [-0.25, -0.2) is 14.3 Å². The largest absolute Gasteiger partial charge is 0.489 e. The van der Waals surface area contributed by atoms with Gasteiger partial charge in [0.2, 0.25) is 5.82 Å². The Balaban J connectivity index is 1.30. The number of carboxylic acid groups (broad SMARTS) is 1. The van der Waals surface area contributed by atoms with Crippen LogP contribution in [0.1, 0.15) is 59.6 Å². The van der Waals surface area contributed by atoms with Crippen molar-refractivity contribution in [1.29, 1.82) is 0 Å². The lowest BCUT2D eigenvalue weighted by molar-refractivity contribution is 0.0697. The van der Waals surface area contributed by atoms with Gasteiger partial charge in [-0.15, -0.1) is 10.2 Å². The van der Waals surface area contributed by atoms with E-state index in [1.165, 1.54) is 19.3 Å². The highest BCUT2D eigenvalue weighted by Gasteiger charge is 2.25.